The van der Waals surface area contributed by atoms with Crippen LogP contribution in [-0.2, 0) is 6.54 Å². The Bertz CT molecular complexity index is 433. The molecule has 0 aliphatic carbocycles. The van der Waals surface area contributed by atoms with Gasteiger partial charge in [0.15, 0.2) is 0 Å². The second kappa shape index (κ2) is 6.82. The Morgan fingerprint density at radius 3 is 2.55 bits per heavy atom. The first-order valence-electron chi connectivity index (χ1n) is 7.76. The van der Waals surface area contributed by atoms with Crippen molar-refractivity contribution in [3.63, 3.8) is 0 Å². The summed E-state index contributed by atoms with van der Waals surface area (Å²) in [7, 11) is 0. The van der Waals surface area contributed by atoms with Gasteiger partial charge in [0.1, 0.15) is 0 Å². The Morgan fingerprint density at radius 2 is 1.95 bits per heavy atom. The monoisotopic (exact) mass is 294 g/mol. The van der Waals surface area contributed by atoms with Crippen molar-refractivity contribution >= 4 is 17.3 Å². The van der Waals surface area contributed by atoms with Gasteiger partial charge in [-0.3, -0.25) is 0 Å². The lowest BCUT2D eigenvalue weighted by atomic mass is 9.82. The molecule has 0 radical (unpaired) electrons. The van der Waals surface area contributed by atoms with E-state index >= 15 is 0 Å². The molecule has 0 aromatic heterocycles. The highest BCUT2D eigenvalue weighted by Gasteiger charge is 2.25. The molecular weight excluding hydrogens is 268 g/mol. The van der Waals surface area contributed by atoms with E-state index in [2.05, 4.69) is 49.2 Å². The van der Waals surface area contributed by atoms with Crippen LogP contribution < -0.4 is 10.2 Å². The van der Waals surface area contributed by atoms with Gasteiger partial charge in [-0.25, -0.2) is 0 Å². The van der Waals surface area contributed by atoms with Crippen molar-refractivity contribution < 1.29 is 0 Å². The van der Waals surface area contributed by atoms with Gasteiger partial charge < -0.3 is 10.2 Å². The average molecular weight is 295 g/mol. The summed E-state index contributed by atoms with van der Waals surface area (Å²) in [4.78, 5) is 2.46. The molecule has 1 aliphatic rings. The van der Waals surface area contributed by atoms with Gasteiger partial charge in [0.2, 0.25) is 0 Å². The number of rotatable bonds is 5. The Hall–Kier alpha value is -0.730. The van der Waals surface area contributed by atoms with Crippen molar-refractivity contribution in [1.29, 1.82) is 0 Å². The molecule has 1 aliphatic heterocycles. The van der Waals surface area contributed by atoms with Crippen molar-refractivity contribution in [2.45, 2.75) is 46.6 Å². The number of piperidine rings is 1. The zero-order chi connectivity index (χ0) is 14.6. The highest BCUT2D eigenvalue weighted by Crippen LogP contribution is 2.33. The molecule has 1 aromatic carbocycles. The minimum Gasteiger partial charge on any atom is -0.371 e. The topological polar surface area (TPSA) is 15.3 Å². The van der Waals surface area contributed by atoms with Gasteiger partial charge in [-0.2, -0.15) is 0 Å². The molecule has 0 amide bonds. The summed E-state index contributed by atoms with van der Waals surface area (Å²) in [5.41, 5.74) is 2.95. The Balaban J connectivity index is 1.98. The summed E-state index contributed by atoms with van der Waals surface area (Å²) in [5, 5.41) is 4.29. The summed E-state index contributed by atoms with van der Waals surface area (Å²) < 4.78 is 0. The maximum Gasteiger partial charge on any atom is 0.0471 e. The molecular formula is C17H27ClN2. The fourth-order valence-electron chi connectivity index (χ4n) is 2.65. The predicted molar refractivity (Wildman–Crippen MR) is 88.7 cm³/mol. The van der Waals surface area contributed by atoms with E-state index < -0.39 is 0 Å². The maximum atomic E-state index is 6.42. The largest absolute Gasteiger partial charge is 0.371 e. The molecule has 1 heterocycles. The number of halogens is 1. The highest BCUT2D eigenvalue weighted by atomic mass is 35.5. The van der Waals surface area contributed by atoms with E-state index in [1.54, 1.807) is 0 Å². The fourth-order valence-corrected chi connectivity index (χ4v) is 2.89. The van der Waals surface area contributed by atoms with Gasteiger partial charge in [0.25, 0.3) is 0 Å². The molecule has 1 aromatic rings. The second-order valence-electron chi connectivity index (χ2n) is 6.60. The molecule has 112 valence electrons. The van der Waals surface area contributed by atoms with E-state index in [1.165, 1.54) is 24.1 Å². The van der Waals surface area contributed by atoms with Crippen LogP contribution in [0.5, 0.6) is 0 Å². The first-order chi connectivity index (χ1) is 9.52. The minimum atomic E-state index is 0.490. The molecule has 0 saturated carbocycles. The third kappa shape index (κ3) is 4.13. The Morgan fingerprint density at radius 1 is 1.25 bits per heavy atom. The van der Waals surface area contributed by atoms with Gasteiger partial charge in [-0.1, -0.05) is 38.4 Å². The van der Waals surface area contributed by atoms with Gasteiger partial charge in [-0.15, -0.1) is 0 Å². The summed E-state index contributed by atoms with van der Waals surface area (Å²) in [5.74, 6) is 0. The van der Waals surface area contributed by atoms with Crippen LogP contribution in [-0.4, -0.2) is 19.6 Å². The highest BCUT2D eigenvalue weighted by molar-refractivity contribution is 6.31. The molecule has 0 spiro atoms. The molecule has 1 N–H and O–H groups in total. The van der Waals surface area contributed by atoms with Crippen LogP contribution in [0.2, 0.25) is 5.02 Å². The summed E-state index contributed by atoms with van der Waals surface area (Å²) >= 11 is 6.42. The number of benzene rings is 1. The van der Waals surface area contributed by atoms with Crippen LogP contribution in [0.3, 0.4) is 0 Å². The van der Waals surface area contributed by atoms with Crippen LogP contribution >= 0.6 is 11.6 Å². The molecule has 0 atom stereocenters. The summed E-state index contributed by atoms with van der Waals surface area (Å²) in [6.07, 6.45) is 3.66. The van der Waals surface area contributed by atoms with E-state index in [0.717, 1.165) is 37.6 Å². The van der Waals surface area contributed by atoms with Crippen LogP contribution in [0.15, 0.2) is 18.2 Å². The van der Waals surface area contributed by atoms with Crippen molar-refractivity contribution in [2.75, 3.05) is 24.5 Å². The van der Waals surface area contributed by atoms with Crippen molar-refractivity contribution in [3.05, 3.63) is 28.8 Å². The number of anilines is 1. The average Bonchev–Trinajstić information content (AvgIpc) is 2.41. The number of hydrogen-bond donors (Lipinski definition) is 1. The standard InChI is InChI=1S/C17H27ClN2/c1-4-9-19-13-14-5-6-15(12-16(14)18)20-10-7-17(2,3)8-11-20/h5-6,12,19H,4,7-11,13H2,1-3H3. The molecule has 3 heteroatoms. The Kier molecular flexibility index (Phi) is 5.34. The molecule has 0 unspecified atom stereocenters. The van der Waals surface area contributed by atoms with E-state index in [0.29, 0.717) is 5.41 Å². The number of nitrogens with zero attached hydrogens (tertiary/aromatic N) is 1. The number of nitrogens with one attached hydrogen (secondary N) is 1. The van der Waals surface area contributed by atoms with E-state index in [1.807, 2.05) is 0 Å². The van der Waals surface area contributed by atoms with Crippen LogP contribution in [0, 0.1) is 5.41 Å². The maximum absolute atomic E-state index is 6.42. The summed E-state index contributed by atoms with van der Waals surface area (Å²) in [6.45, 7) is 11.1. The van der Waals surface area contributed by atoms with E-state index in [-0.39, 0.29) is 0 Å². The lowest BCUT2D eigenvalue weighted by Gasteiger charge is -2.38. The normalized spacial score (nSPS) is 18.3. The Labute approximate surface area is 128 Å². The van der Waals surface area contributed by atoms with Gasteiger partial charge in [0, 0.05) is 30.3 Å². The predicted octanol–water partition coefficient (Wildman–Crippen LogP) is 4.47. The summed E-state index contributed by atoms with van der Waals surface area (Å²) in [6, 6.07) is 6.51. The van der Waals surface area contributed by atoms with Crippen molar-refractivity contribution in [2.24, 2.45) is 5.41 Å². The van der Waals surface area contributed by atoms with Crippen LogP contribution in [0.4, 0.5) is 5.69 Å². The van der Waals surface area contributed by atoms with E-state index in [9.17, 15) is 0 Å². The number of hydrogen-bond acceptors (Lipinski definition) is 2. The van der Waals surface area contributed by atoms with Crippen LogP contribution in [0.1, 0.15) is 45.6 Å². The second-order valence-corrected chi connectivity index (χ2v) is 7.01. The third-order valence-corrected chi connectivity index (χ3v) is 4.61. The lowest BCUT2D eigenvalue weighted by Crippen LogP contribution is -2.37. The lowest BCUT2D eigenvalue weighted by molar-refractivity contribution is 0.280. The molecule has 1 saturated heterocycles. The first-order valence-corrected chi connectivity index (χ1v) is 8.14. The minimum absolute atomic E-state index is 0.490. The van der Waals surface area contributed by atoms with Crippen molar-refractivity contribution in [1.82, 2.24) is 5.32 Å². The van der Waals surface area contributed by atoms with E-state index in [4.69, 9.17) is 11.6 Å². The first kappa shape index (κ1) is 15.7. The zero-order valence-electron chi connectivity index (χ0n) is 13.0. The molecule has 20 heavy (non-hydrogen) atoms. The molecule has 2 rings (SSSR count). The molecule has 1 fully saturated rings. The van der Waals surface area contributed by atoms with Crippen molar-refractivity contribution in [3.8, 4) is 0 Å². The zero-order valence-corrected chi connectivity index (χ0v) is 13.8. The smallest absolute Gasteiger partial charge is 0.0471 e. The fraction of sp³-hybridized carbons (Fsp3) is 0.647. The SMILES string of the molecule is CCCNCc1ccc(N2CCC(C)(C)CC2)cc1Cl. The van der Waals surface area contributed by atoms with Gasteiger partial charge in [0.05, 0.1) is 0 Å². The van der Waals surface area contributed by atoms with Gasteiger partial charge in [-0.05, 0) is 48.9 Å². The molecule has 0 bridgehead atoms. The van der Waals surface area contributed by atoms with Crippen LogP contribution in [0.25, 0.3) is 0 Å². The molecule has 2 nitrogen and oxygen atoms in total. The quantitative estimate of drug-likeness (QED) is 0.806. The third-order valence-electron chi connectivity index (χ3n) is 4.26. The van der Waals surface area contributed by atoms with Gasteiger partial charge >= 0.3 is 0 Å².